The van der Waals surface area contributed by atoms with E-state index in [4.69, 9.17) is 5.73 Å². The van der Waals surface area contributed by atoms with Crippen LogP contribution >= 0.6 is 11.3 Å². The van der Waals surface area contributed by atoms with E-state index in [9.17, 15) is 14.0 Å². The molecule has 0 bridgehead atoms. The number of halogens is 1. The summed E-state index contributed by atoms with van der Waals surface area (Å²) in [4.78, 5) is 29.1. The van der Waals surface area contributed by atoms with Gasteiger partial charge in [0.05, 0.1) is 17.7 Å². The molecule has 110 valence electrons. The quantitative estimate of drug-likeness (QED) is 0.806. The normalized spacial score (nSPS) is 22.9. The number of carbonyl (C=O) groups is 2. The second kappa shape index (κ2) is 6.27. The molecule has 1 aromatic rings. The molecular weight excluding hydrogens is 283 g/mol. The number of hydrogen-bond donors (Lipinski definition) is 2. The number of hydrogen-bond acceptors (Lipinski definition) is 5. The summed E-state index contributed by atoms with van der Waals surface area (Å²) in [5.41, 5.74) is 7.42. The maximum absolute atomic E-state index is 13.4. The molecule has 0 aromatic carbocycles. The number of nitrogens with zero attached hydrogens (tertiary/aromatic N) is 2. The SMILES string of the molecule is Cc1ncsc1C(=O)NC[C@@H]1C[C@H](F)CN1CC(N)=O. The number of thiazole rings is 1. The van der Waals surface area contributed by atoms with Crippen LogP contribution in [0.2, 0.25) is 0 Å². The average Bonchev–Trinajstić information content (AvgIpc) is 2.92. The third-order valence-corrected chi connectivity index (χ3v) is 4.21. The molecule has 2 atom stereocenters. The summed E-state index contributed by atoms with van der Waals surface area (Å²) in [6.45, 7) is 2.26. The van der Waals surface area contributed by atoms with Gasteiger partial charge in [-0.1, -0.05) is 0 Å². The van der Waals surface area contributed by atoms with Crippen molar-refractivity contribution in [2.24, 2.45) is 5.73 Å². The zero-order valence-corrected chi connectivity index (χ0v) is 12.0. The number of primary amides is 1. The molecule has 1 saturated heterocycles. The molecule has 0 aliphatic carbocycles. The molecule has 0 unspecified atom stereocenters. The van der Waals surface area contributed by atoms with Crippen LogP contribution in [-0.4, -0.2) is 53.5 Å². The monoisotopic (exact) mass is 300 g/mol. The molecule has 2 rings (SSSR count). The lowest BCUT2D eigenvalue weighted by molar-refractivity contribution is -0.119. The van der Waals surface area contributed by atoms with Gasteiger partial charge in [0.25, 0.3) is 5.91 Å². The lowest BCUT2D eigenvalue weighted by Crippen LogP contribution is -2.43. The summed E-state index contributed by atoms with van der Waals surface area (Å²) in [6.07, 6.45) is -0.684. The van der Waals surface area contributed by atoms with Gasteiger partial charge in [0, 0.05) is 19.1 Å². The standard InChI is InChI=1S/C12H17FN4O2S/c1-7-11(20-6-16-7)12(19)15-3-9-2-8(13)4-17(9)5-10(14)18/h6,8-9H,2-5H2,1H3,(H2,14,18)(H,15,19)/t8-,9-/m0/s1. The van der Waals surface area contributed by atoms with Gasteiger partial charge >= 0.3 is 0 Å². The van der Waals surface area contributed by atoms with Crippen LogP contribution in [0.25, 0.3) is 0 Å². The van der Waals surface area contributed by atoms with Crippen molar-refractivity contribution in [1.82, 2.24) is 15.2 Å². The Kier molecular flexibility index (Phi) is 4.66. The third kappa shape index (κ3) is 3.51. The highest BCUT2D eigenvalue weighted by Gasteiger charge is 2.33. The van der Waals surface area contributed by atoms with Crippen molar-refractivity contribution < 1.29 is 14.0 Å². The van der Waals surface area contributed by atoms with Crippen LogP contribution in [0.3, 0.4) is 0 Å². The minimum Gasteiger partial charge on any atom is -0.369 e. The van der Waals surface area contributed by atoms with Gasteiger partial charge in [0.1, 0.15) is 11.0 Å². The average molecular weight is 300 g/mol. The molecule has 8 heteroatoms. The predicted octanol–water partition coefficient (Wildman–Crippen LogP) is 0.0790. The van der Waals surface area contributed by atoms with E-state index in [-0.39, 0.29) is 25.0 Å². The zero-order valence-electron chi connectivity index (χ0n) is 11.1. The van der Waals surface area contributed by atoms with Crippen LogP contribution in [-0.2, 0) is 4.79 Å². The predicted molar refractivity (Wildman–Crippen MR) is 73.3 cm³/mol. The van der Waals surface area contributed by atoms with E-state index < -0.39 is 12.1 Å². The number of nitrogens with one attached hydrogen (secondary N) is 1. The minimum atomic E-state index is -0.985. The van der Waals surface area contributed by atoms with Gasteiger partial charge in [-0.2, -0.15) is 0 Å². The number of nitrogens with two attached hydrogens (primary N) is 1. The van der Waals surface area contributed by atoms with Crippen molar-refractivity contribution in [3.05, 3.63) is 16.1 Å². The van der Waals surface area contributed by atoms with Crippen molar-refractivity contribution in [2.45, 2.75) is 25.6 Å². The first-order valence-corrected chi connectivity index (χ1v) is 7.20. The number of aryl methyl sites for hydroxylation is 1. The number of rotatable bonds is 5. The van der Waals surface area contributed by atoms with Gasteiger partial charge in [-0.05, 0) is 13.3 Å². The van der Waals surface area contributed by atoms with Gasteiger partial charge < -0.3 is 11.1 Å². The van der Waals surface area contributed by atoms with Gasteiger partial charge in [0.15, 0.2) is 0 Å². The summed E-state index contributed by atoms with van der Waals surface area (Å²) in [5.74, 6) is -0.708. The van der Waals surface area contributed by atoms with Crippen molar-refractivity contribution in [1.29, 1.82) is 0 Å². The summed E-state index contributed by atoms with van der Waals surface area (Å²) in [7, 11) is 0. The van der Waals surface area contributed by atoms with Crippen LogP contribution in [0.15, 0.2) is 5.51 Å². The number of carbonyl (C=O) groups excluding carboxylic acids is 2. The molecule has 0 radical (unpaired) electrons. The summed E-state index contributed by atoms with van der Waals surface area (Å²) >= 11 is 1.27. The Morgan fingerprint density at radius 2 is 2.40 bits per heavy atom. The Labute approximate surface area is 120 Å². The van der Waals surface area contributed by atoms with E-state index in [2.05, 4.69) is 10.3 Å². The van der Waals surface area contributed by atoms with Crippen LogP contribution in [0, 0.1) is 6.92 Å². The molecule has 3 N–H and O–H groups in total. The second-order valence-electron chi connectivity index (χ2n) is 4.86. The van der Waals surface area contributed by atoms with Crippen molar-refractivity contribution in [3.63, 3.8) is 0 Å². The summed E-state index contributed by atoms with van der Waals surface area (Å²) < 4.78 is 13.4. The summed E-state index contributed by atoms with van der Waals surface area (Å²) in [6, 6.07) is -0.199. The van der Waals surface area contributed by atoms with E-state index >= 15 is 0 Å². The van der Waals surface area contributed by atoms with E-state index in [0.29, 0.717) is 23.5 Å². The van der Waals surface area contributed by atoms with E-state index in [1.54, 1.807) is 17.3 Å². The number of alkyl halides is 1. The minimum absolute atomic E-state index is 0.0144. The van der Waals surface area contributed by atoms with Gasteiger partial charge in [0.2, 0.25) is 5.91 Å². The lowest BCUT2D eigenvalue weighted by atomic mass is 10.2. The lowest BCUT2D eigenvalue weighted by Gasteiger charge is -2.22. The van der Waals surface area contributed by atoms with Crippen LogP contribution in [0.1, 0.15) is 21.8 Å². The molecular formula is C12H17FN4O2S. The van der Waals surface area contributed by atoms with Gasteiger partial charge in [-0.25, -0.2) is 9.37 Å². The smallest absolute Gasteiger partial charge is 0.263 e. The highest BCUT2D eigenvalue weighted by Crippen LogP contribution is 2.19. The number of aromatic nitrogens is 1. The fourth-order valence-electron chi connectivity index (χ4n) is 2.34. The van der Waals surface area contributed by atoms with Crippen LogP contribution < -0.4 is 11.1 Å². The molecule has 2 heterocycles. The Hall–Kier alpha value is -1.54. The van der Waals surface area contributed by atoms with Gasteiger partial charge in [-0.3, -0.25) is 14.5 Å². The van der Waals surface area contributed by atoms with E-state index in [1.165, 1.54) is 11.3 Å². The molecule has 0 spiro atoms. The molecule has 6 nitrogen and oxygen atoms in total. The number of likely N-dealkylation sites (tertiary alicyclic amines) is 1. The Morgan fingerprint density at radius 1 is 1.65 bits per heavy atom. The Morgan fingerprint density at radius 3 is 3.00 bits per heavy atom. The Bertz CT molecular complexity index is 507. The van der Waals surface area contributed by atoms with Crippen LogP contribution in [0.4, 0.5) is 4.39 Å². The number of amides is 2. The maximum Gasteiger partial charge on any atom is 0.263 e. The van der Waals surface area contributed by atoms with Crippen molar-refractivity contribution in [2.75, 3.05) is 19.6 Å². The Balaban J connectivity index is 1.90. The second-order valence-corrected chi connectivity index (χ2v) is 5.71. The summed E-state index contributed by atoms with van der Waals surface area (Å²) in [5, 5.41) is 2.76. The molecule has 20 heavy (non-hydrogen) atoms. The third-order valence-electron chi connectivity index (χ3n) is 3.29. The fourth-order valence-corrected chi connectivity index (χ4v) is 3.06. The van der Waals surface area contributed by atoms with E-state index in [1.807, 2.05) is 0 Å². The molecule has 1 aliphatic heterocycles. The van der Waals surface area contributed by atoms with Crippen LogP contribution in [0.5, 0.6) is 0 Å². The first-order valence-electron chi connectivity index (χ1n) is 6.32. The maximum atomic E-state index is 13.4. The molecule has 0 saturated carbocycles. The van der Waals surface area contributed by atoms with Crippen molar-refractivity contribution in [3.8, 4) is 0 Å². The largest absolute Gasteiger partial charge is 0.369 e. The molecule has 1 aromatic heterocycles. The van der Waals surface area contributed by atoms with Gasteiger partial charge in [-0.15, -0.1) is 11.3 Å². The van der Waals surface area contributed by atoms with E-state index in [0.717, 1.165) is 0 Å². The first kappa shape index (κ1) is 14.9. The molecule has 1 fully saturated rings. The zero-order chi connectivity index (χ0) is 14.7. The first-order chi connectivity index (χ1) is 9.47. The fraction of sp³-hybridized carbons (Fsp3) is 0.583. The molecule has 1 aliphatic rings. The topological polar surface area (TPSA) is 88.3 Å². The highest BCUT2D eigenvalue weighted by molar-refractivity contribution is 7.11. The van der Waals surface area contributed by atoms with Crippen molar-refractivity contribution >= 4 is 23.2 Å². The molecule has 2 amide bonds. The highest BCUT2D eigenvalue weighted by atomic mass is 32.1.